The predicted molar refractivity (Wildman–Crippen MR) is 154 cm³/mol. The molecule has 0 spiro atoms. The molecule has 5 rings (SSSR count). The largest absolute Gasteiger partial charge is 0.491 e. The van der Waals surface area contributed by atoms with Crippen LogP contribution in [0.4, 0.5) is 0 Å². The van der Waals surface area contributed by atoms with E-state index in [9.17, 15) is 4.79 Å². The van der Waals surface area contributed by atoms with Gasteiger partial charge >= 0.3 is 0 Å². The third kappa shape index (κ3) is 5.70. The Hall–Kier alpha value is -3.40. The fraction of sp³-hybridized carbons (Fsp3) is 0.241. The molecular weight excluding hydrogens is 568 g/mol. The van der Waals surface area contributed by atoms with Crippen molar-refractivity contribution in [3.8, 4) is 17.2 Å². The highest BCUT2D eigenvalue weighted by atomic mass is 79.9. The van der Waals surface area contributed by atoms with Crippen molar-refractivity contribution in [2.75, 3.05) is 33.0 Å². The van der Waals surface area contributed by atoms with Crippen molar-refractivity contribution in [2.45, 2.75) is 13.8 Å². The van der Waals surface area contributed by atoms with Crippen molar-refractivity contribution in [2.24, 2.45) is 0 Å². The van der Waals surface area contributed by atoms with Crippen molar-refractivity contribution in [1.82, 2.24) is 9.38 Å². The van der Waals surface area contributed by atoms with E-state index in [2.05, 4.69) is 20.9 Å². The highest BCUT2D eigenvalue weighted by molar-refractivity contribution is 9.10. The molecular formula is C29H27BrN2O5S. The van der Waals surface area contributed by atoms with Gasteiger partial charge in [-0.1, -0.05) is 41.7 Å². The molecule has 196 valence electrons. The first-order valence-corrected chi connectivity index (χ1v) is 13.9. The van der Waals surface area contributed by atoms with Crippen LogP contribution in [0.2, 0.25) is 0 Å². The number of nitrogens with zero attached hydrogens (tertiary/aromatic N) is 2. The standard InChI is InChI=1S/C29H27BrN2O5S/c1-3-35-25-17-20(18-26-28(33)32-23-10-6-5-9-22(23)31-29(32)38-26)16-21(30)27(25)37-15-13-34-12-14-36-24-11-7-4-8-19(24)2/h4-11,16-18H,3,12-15H2,1-2H3/b26-18-. The number of para-hydroxylation sites is 3. The van der Waals surface area contributed by atoms with Crippen LogP contribution >= 0.6 is 27.3 Å². The van der Waals surface area contributed by atoms with Crippen molar-refractivity contribution in [3.63, 3.8) is 0 Å². The Kier molecular flexibility index (Phi) is 8.26. The van der Waals surface area contributed by atoms with E-state index in [4.69, 9.17) is 18.9 Å². The minimum atomic E-state index is -0.0864. The van der Waals surface area contributed by atoms with Crippen LogP contribution in [0.3, 0.4) is 0 Å². The molecule has 0 aliphatic rings. The predicted octanol–water partition coefficient (Wildman–Crippen LogP) is 5.40. The Balaban J connectivity index is 1.25. The molecule has 0 fully saturated rings. The van der Waals surface area contributed by atoms with Gasteiger partial charge in [-0.3, -0.25) is 4.79 Å². The quantitative estimate of drug-likeness (QED) is 0.191. The number of rotatable bonds is 11. The molecule has 0 amide bonds. The highest BCUT2D eigenvalue weighted by Gasteiger charge is 2.14. The summed E-state index contributed by atoms with van der Waals surface area (Å²) in [7, 11) is 0. The van der Waals surface area contributed by atoms with Gasteiger partial charge in [-0.2, -0.15) is 0 Å². The molecule has 0 atom stereocenters. The molecule has 0 aliphatic heterocycles. The second-order valence-electron chi connectivity index (χ2n) is 8.47. The minimum Gasteiger partial charge on any atom is -0.491 e. The summed E-state index contributed by atoms with van der Waals surface area (Å²) in [6, 6.07) is 19.3. The Morgan fingerprint density at radius 1 is 0.947 bits per heavy atom. The van der Waals surface area contributed by atoms with Gasteiger partial charge in [0.2, 0.25) is 0 Å². The minimum absolute atomic E-state index is 0.0864. The lowest BCUT2D eigenvalue weighted by molar-refractivity contribution is 0.0752. The average molecular weight is 596 g/mol. The zero-order valence-corrected chi connectivity index (χ0v) is 23.5. The Labute approximate surface area is 232 Å². The molecule has 7 nitrogen and oxygen atoms in total. The lowest BCUT2D eigenvalue weighted by Gasteiger charge is -2.15. The van der Waals surface area contributed by atoms with Gasteiger partial charge in [-0.15, -0.1) is 0 Å². The van der Waals surface area contributed by atoms with Crippen LogP contribution in [0.5, 0.6) is 17.2 Å². The van der Waals surface area contributed by atoms with E-state index in [1.54, 1.807) is 4.40 Å². The summed E-state index contributed by atoms with van der Waals surface area (Å²) < 4.78 is 26.3. The third-order valence-corrected chi connectivity index (χ3v) is 7.39. The van der Waals surface area contributed by atoms with Gasteiger partial charge in [0, 0.05) is 0 Å². The van der Waals surface area contributed by atoms with Crippen LogP contribution in [0.25, 0.3) is 22.1 Å². The molecule has 0 saturated carbocycles. The fourth-order valence-corrected chi connectivity index (χ4v) is 5.63. The smallest absolute Gasteiger partial charge is 0.274 e. The van der Waals surface area contributed by atoms with Crippen LogP contribution in [0.15, 0.2) is 69.9 Å². The summed E-state index contributed by atoms with van der Waals surface area (Å²) in [4.78, 5) is 18.4. The Bertz CT molecular complexity index is 1680. The molecule has 0 N–H and O–H groups in total. The molecule has 0 radical (unpaired) electrons. The van der Waals surface area contributed by atoms with Gasteiger partial charge < -0.3 is 18.9 Å². The summed E-state index contributed by atoms with van der Waals surface area (Å²) in [6.07, 6.45) is 1.85. The lowest BCUT2D eigenvalue weighted by atomic mass is 10.2. The van der Waals surface area contributed by atoms with E-state index in [-0.39, 0.29) is 5.56 Å². The molecule has 0 aliphatic carbocycles. The number of thiazole rings is 1. The van der Waals surface area contributed by atoms with Crippen molar-refractivity contribution in [1.29, 1.82) is 0 Å². The number of aromatic nitrogens is 2. The maximum absolute atomic E-state index is 13.1. The van der Waals surface area contributed by atoms with Crippen LogP contribution in [0, 0.1) is 6.92 Å². The molecule has 5 aromatic rings. The Morgan fingerprint density at radius 2 is 1.71 bits per heavy atom. The van der Waals surface area contributed by atoms with Gasteiger partial charge in [0.25, 0.3) is 5.56 Å². The van der Waals surface area contributed by atoms with E-state index in [1.165, 1.54) is 11.3 Å². The number of hydrogen-bond donors (Lipinski definition) is 0. The summed E-state index contributed by atoms with van der Waals surface area (Å²) in [5, 5.41) is 0. The maximum atomic E-state index is 13.1. The number of imidazole rings is 1. The van der Waals surface area contributed by atoms with Crippen molar-refractivity contribution >= 4 is 49.3 Å². The summed E-state index contributed by atoms with van der Waals surface area (Å²) in [5.41, 5.74) is 3.46. The zero-order valence-electron chi connectivity index (χ0n) is 21.1. The fourth-order valence-electron chi connectivity index (χ4n) is 4.07. The van der Waals surface area contributed by atoms with E-state index in [0.717, 1.165) is 32.4 Å². The molecule has 9 heteroatoms. The number of fused-ring (bicyclic) bond motifs is 3. The monoisotopic (exact) mass is 594 g/mol. The van der Waals surface area contributed by atoms with Crippen LogP contribution in [-0.4, -0.2) is 42.4 Å². The number of benzene rings is 3. The van der Waals surface area contributed by atoms with E-state index in [0.29, 0.717) is 54.0 Å². The maximum Gasteiger partial charge on any atom is 0.274 e. The number of ether oxygens (including phenoxy) is 4. The van der Waals surface area contributed by atoms with Gasteiger partial charge in [0.05, 0.1) is 39.9 Å². The zero-order chi connectivity index (χ0) is 26.5. The molecule has 0 unspecified atom stereocenters. The van der Waals surface area contributed by atoms with E-state index < -0.39 is 0 Å². The van der Waals surface area contributed by atoms with Gasteiger partial charge in [0.15, 0.2) is 16.5 Å². The Morgan fingerprint density at radius 3 is 2.53 bits per heavy atom. The second kappa shape index (κ2) is 12.0. The molecule has 2 heterocycles. The normalized spacial score (nSPS) is 11.9. The molecule has 3 aromatic carbocycles. The van der Waals surface area contributed by atoms with E-state index in [1.807, 2.05) is 80.6 Å². The highest BCUT2D eigenvalue weighted by Crippen LogP contribution is 2.37. The van der Waals surface area contributed by atoms with Crippen LogP contribution in [-0.2, 0) is 4.74 Å². The van der Waals surface area contributed by atoms with Gasteiger partial charge in [-0.25, -0.2) is 9.38 Å². The summed E-state index contributed by atoms with van der Waals surface area (Å²) in [6.45, 7) is 6.10. The molecule has 0 saturated heterocycles. The van der Waals surface area contributed by atoms with Crippen LogP contribution in [0.1, 0.15) is 18.1 Å². The first-order valence-electron chi connectivity index (χ1n) is 12.3. The second-order valence-corrected chi connectivity index (χ2v) is 10.3. The van der Waals surface area contributed by atoms with Gasteiger partial charge in [-0.05, 0) is 77.3 Å². The number of aryl methyl sites for hydroxylation is 1. The van der Waals surface area contributed by atoms with Crippen molar-refractivity contribution < 1.29 is 18.9 Å². The van der Waals surface area contributed by atoms with Crippen LogP contribution < -0.4 is 24.3 Å². The molecule has 38 heavy (non-hydrogen) atoms. The first-order chi connectivity index (χ1) is 18.5. The first kappa shape index (κ1) is 26.2. The lowest BCUT2D eigenvalue weighted by Crippen LogP contribution is -2.22. The third-order valence-electron chi connectivity index (χ3n) is 5.83. The SMILES string of the molecule is CCOc1cc(/C=c2\sc3nc4ccccc4n3c2=O)cc(Br)c1OCCOCCOc1ccccc1C. The summed E-state index contributed by atoms with van der Waals surface area (Å²) >= 11 is 4.97. The van der Waals surface area contributed by atoms with Crippen molar-refractivity contribution in [3.05, 3.63) is 91.1 Å². The van der Waals surface area contributed by atoms with E-state index >= 15 is 0 Å². The number of hydrogen-bond acceptors (Lipinski definition) is 7. The number of halogens is 1. The summed E-state index contributed by atoms with van der Waals surface area (Å²) in [5.74, 6) is 2.05. The molecule has 2 aromatic heterocycles. The topological polar surface area (TPSA) is 71.3 Å². The average Bonchev–Trinajstić information content (AvgIpc) is 3.41. The molecule has 0 bridgehead atoms. The van der Waals surface area contributed by atoms with Gasteiger partial charge in [0.1, 0.15) is 19.0 Å².